The Balaban J connectivity index is 2.09. The molecule has 5 heteroatoms. The van der Waals surface area contributed by atoms with Crippen molar-refractivity contribution in [2.24, 2.45) is 0 Å². The van der Waals surface area contributed by atoms with Crippen LogP contribution in [0.25, 0.3) is 0 Å². The Labute approximate surface area is 128 Å². The molecule has 0 unspecified atom stereocenters. The molecule has 1 aromatic heterocycles. The molecular weight excluding hydrogens is 264 g/mol. The van der Waals surface area contributed by atoms with E-state index >= 15 is 0 Å². The summed E-state index contributed by atoms with van der Waals surface area (Å²) < 4.78 is 6.17. The van der Waals surface area contributed by atoms with Crippen molar-refractivity contribution >= 4 is 0 Å². The Bertz CT molecular complexity index is 442. The largest absolute Gasteiger partial charge is 0.487 e. The standard InChI is InChI=1S/C16H28N4O/c1-5-17-10-14-15(11-18-16(19-14)12(2)3)21-13-6-8-20(4)9-7-13/h11-13,17H,5-10H2,1-4H3. The molecule has 0 atom stereocenters. The molecule has 0 amide bonds. The summed E-state index contributed by atoms with van der Waals surface area (Å²) in [6.45, 7) is 10.2. The molecule has 0 saturated carbocycles. The minimum absolute atomic E-state index is 0.287. The summed E-state index contributed by atoms with van der Waals surface area (Å²) in [5.74, 6) is 2.07. The summed E-state index contributed by atoms with van der Waals surface area (Å²) in [6.07, 6.45) is 4.29. The van der Waals surface area contributed by atoms with E-state index in [0.29, 0.717) is 5.92 Å². The monoisotopic (exact) mass is 292 g/mol. The van der Waals surface area contributed by atoms with Crippen molar-refractivity contribution in [3.8, 4) is 5.75 Å². The normalized spacial score (nSPS) is 17.4. The molecule has 2 rings (SSSR count). The molecule has 1 aliphatic rings. The minimum Gasteiger partial charge on any atom is -0.487 e. The quantitative estimate of drug-likeness (QED) is 0.871. The van der Waals surface area contributed by atoms with Crippen molar-refractivity contribution in [2.45, 2.75) is 52.2 Å². The van der Waals surface area contributed by atoms with Crippen LogP contribution in [0.3, 0.4) is 0 Å². The third-order valence-electron chi connectivity index (χ3n) is 3.87. The van der Waals surface area contributed by atoms with Crippen molar-refractivity contribution in [3.05, 3.63) is 17.7 Å². The molecule has 1 aliphatic heterocycles. The third kappa shape index (κ3) is 4.64. The zero-order chi connectivity index (χ0) is 15.2. The van der Waals surface area contributed by atoms with E-state index in [0.717, 1.165) is 56.3 Å². The molecule has 0 radical (unpaired) electrons. The zero-order valence-electron chi connectivity index (χ0n) is 13.7. The fourth-order valence-electron chi connectivity index (χ4n) is 2.45. The predicted molar refractivity (Wildman–Crippen MR) is 84.6 cm³/mol. The summed E-state index contributed by atoms with van der Waals surface area (Å²) in [5.41, 5.74) is 0.981. The SMILES string of the molecule is CCNCc1nc(C(C)C)ncc1OC1CCN(C)CC1. The first-order valence-corrected chi connectivity index (χ1v) is 8.01. The van der Waals surface area contributed by atoms with Gasteiger partial charge in [-0.05, 0) is 26.4 Å². The van der Waals surface area contributed by atoms with Crippen LogP contribution in [0.1, 0.15) is 51.0 Å². The predicted octanol–water partition coefficient (Wildman–Crippen LogP) is 2.18. The van der Waals surface area contributed by atoms with Gasteiger partial charge >= 0.3 is 0 Å². The first-order valence-electron chi connectivity index (χ1n) is 8.01. The van der Waals surface area contributed by atoms with E-state index in [1.807, 2.05) is 6.20 Å². The molecule has 1 N–H and O–H groups in total. The van der Waals surface area contributed by atoms with E-state index in [2.05, 4.69) is 48.0 Å². The summed E-state index contributed by atoms with van der Waals surface area (Å²) in [6, 6.07) is 0. The van der Waals surface area contributed by atoms with Gasteiger partial charge in [0.05, 0.1) is 11.9 Å². The molecule has 2 heterocycles. The average Bonchev–Trinajstić information content (AvgIpc) is 2.48. The number of ether oxygens (including phenoxy) is 1. The van der Waals surface area contributed by atoms with Crippen molar-refractivity contribution in [3.63, 3.8) is 0 Å². The van der Waals surface area contributed by atoms with Gasteiger partial charge in [0.15, 0.2) is 5.75 Å². The van der Waals surface area contributed by atoms with Crippen LogP contribution in [-0.2, 0) is 6.54 Å². The van der Waals surface area contributed by atoms with Crippen LogP contribution >= 0.6 is 0 Å². The second-order valence-corrected chi connectivity index (χ2v) is 6.09. The highest BCUT2D eigenvalue weighted by Gasteiger charge is 2.20. The highest BCUT2D eigenvalue weighted by atomic mass is 16.5. The molecule has 118 valence electrons. The van der Waals surface area contributed by atoms with Gasteiger partial charge in [-0.2, -0.15) is 0 Å². The highest BCUT2D eigenvalue weighted by molar-refractivity contribution is 5.25. The van der Waals surface area contributed by atoms with Crippen LogP contribution in [0.15, 0.2) is 6.20 Å². The second kappa shape index (κ2) is 7.71. The van der Waals surface area contributed by atoms with Crippen LogP contribution in [-0.4, -0.2) is 47.7 Å². The van der Waals surface area contributed by atoms with E-state index in [-0.39, 0.29) is 6.10 Å². The number of hydrogen-bond donors (Lipinski definition) is 1. The molecule has 0 aromatic carbocycles. The van der Waals surface area contributed by atoms with Crippen molar-refractivity contribution < 1.29 is 4.74 Å². The number of nitrogens with one attached hydrogen (secondary N) is 1. The number of aromatic nitrogens is 2. The molecular formula is C16H28N4O. The Morgan fingerprint density at radius 2 is 2.10 bits per heavy atom. The second-order valence-electron chi connectivity index (χ2n) is 6.09. The fraction of sp³-hybridized carbons (Fsp3) is 0.750. The maximum Gasteiger partial charge on any atom is 0.160 e. The molecule has 0 bridgehead atoms. The lowest BCUT2D eigenvalue weighted by Gasteiger charge is -2.29. The number of rotatable bonds is 6. The van der Waals surface area contributed by atoms with Gasteiger partial charge in [-0.1, -0.05) is 20.8 Å². The first kappa shape index (κ1) is 16.2. The number of piperidine rings is 1. The van der Waals surface area contributed by atoms with E-state index in [1.165, 1.54) is 0 Å². The maximum atomic E-state index is 6.17. The summed E-state index contributed by atoms with van der Waals surface area (Å²) >= 11 is 0. The Morgan fingerprint density at radius 1 is 1.38 bits per heavy atom. The summed E-state index contributed by atoms with van der Waals surface area (Å²) in [7, 11) is 2.16. The van der Waals surface area contributed by atoms with Crippen LogP contribution in [0.4, 0.5) is 0 Å². The summed E-state index contributed by atoms with van der Waals surface area (Å²) in [5, 5.41) is 3.34. The van der Waals surface area contributed by atoms with Crippen LogP contribution in [0.5, 0.6) is 5.75 Å². The van der Waals surface area contributed by atoms with Crippen molar-refractivity contribution in [2.75, 3.05) is 26.7 Å². The van der Waals surface area contributed by atoms with E-state index in [1.54, 1.807) is 0 Å². The van der Waals surface area contributed by atoms with Crippen LogP contribution in [0.2, 0.25) is 0 Å². The smallest absolute Gasteiger partial charge is 0.160 e. The lowest BCUT2D eigenvalue weighted by Crippen LogP contribution is -2.36. The Morgan fingerprint density at radius 3 is 2.71 bits per heavy atom. The Kier molecular flexibility index (Phi) is 5.94. The van der Waals surface area contributed by atoms with Crippen LogP contribution in [0, 0.1) is 0 Å². The third-order valence-corrected chi connectivity index (χ3v) is 3.87. The van der Waals surface area contributed by atoms with Gasteiger partial charge < -0.3 is 15.0 Å². The molecule has 1 aromatic rings. The van der Waals surface area contributed by atoms with Gasteiger partial charge in [0.2, 0.25) is 0 Å². The molecule has 5 nitrogen and oxygen atoms in total. The minimum atomic E-state index is 0.287. The molecule has 1 fully saturated rings. The molecule has 0 aliphatic carbocycles. The molecule has 1 saturated heterocycles. The topological polar surface area (TPSA) is 50.3 Å². The first-order chi connectivity index (χ1) is 10.1. The van der Waals surface area contributed by atoms with Gasteiger partial charge in [0.25, 0.3) is 0 Å². The van der Waals surface area contributed by atoms with Crippen molar-refractivity contribution in [1.82, 2.24) is 20.2 Å². The van der Waals surface area contributed by atoms with Crippen LogP contribution < -0.4 is 10.1 Å². The van der Waals surface area contributed by atoms with Crippen molar-refractivity contribution in [1.29, 1.82) is 0 Å². The number of likely N-dealkylation sites (tertiary alicyclic amines) is 1. The van der Waals surface area contributed by atoms with E-state index in [4.69, 9.17) is 4.74 Å². The molecule has 21 heavy (non-hydrogen) atoms. The van der Waals surface area contributed by atoms with E-state index in [9.17, 15) is 0 Å². The van der Waals surface area contributed by atoms with Gasteiger partial charge in [-0.25, -0.2) is 9.97 Å². The van der Waals surface area contributed by atoms with Gasteiger partial charge in [0.1, 0.15) is 11.9 Å². The van der Waals surface area contributed by atoms with E-state index < -0.39 is 0 Å². The zero-order valence-corrected chi connectivity index (χ0v) is 13.7. The lowest BCUT2D eigenvalue weighted by atomic mass is 10.1. The van der Waals surface area contributed by atoms with Gasteiger partial charge in [-0.3, -0.25) is 0 Å². The molecule has 0 spiro atoms. The van der Waals surface area contributed by atoms with Gasteiger partial charge in [-0.15, -0.1) is 0 Å². The summed E-state index contributed by atoms with van der Waals surface area (Å²) in [4.78, 5) is 11.5. The number of nitrogens with zero attached hydrogens (tertiary/aromatic N) is 3. The number of hydrogen-bond acceptors (Lipinski definition) is 5. The highest BCUT2D eigenvalue weighted by Crippen LogP contribution is 2.22. The Hall–Kier alpha value is -1.20. The lowest BCUT2D eigenvalue weighted by molar-refractivity contribution is 0.112. The fourth-order valence-corrected chi connectivity index (χ4v) is 2.45. The maximum absolute atomic E-state index is 6.17. The van der Waals surface area contributed by atoms with Gasteiger partial charge in [0, 0.05) is 25.6 Å². The average molecular weight is 292 g/mol.